The van der Waals surface area contributed by atoms with Crippen molar-refractivity contribution in [3.8, 4) is 11.5 Å². The number of amides is 2. The molecular formula is C34H50N6O10. The van der Waals surface area contributed by atoms with Crippen molar-refractivity contribution in [2.75, 3.05) is 39.3 Å². The minimum absolute atomic E-state index is 0.0437. The van der Waals surface area contributed by atoms with Crippen molar-refractivity contribution in [1.29, 1.82) is 0 Å². The van der Waals surface area contributed by atoms with Crippen LogP contribution in [0.1, 0.15) is 81.1 Å². The Kier molecular flexibility index (Phi) is 18.8. The molecule has 0 aromatic carbocycles. The predicted octanol–water partition coefficient (Wildman–Crippen LogP) is 1.90. The number of pyridine rings is 2. The van der Waals surface area contributed by atoms with Gasteiger partial charge in [0.05, 0.1) is 30.9 Å². The molecule has 0 aliphatic heterocycles. The second kappa shape index (κ2) is 22.7. The number of aryl methyl sites for hydroxylation is 2. The number of nitrogens with one attached hydrogen (secondary N) is 2. The van der Waals surface area contributed by atoms with Gasteiger partial charge in [-0.1, -0.05) is 19.8 Å². The standard InChI is InChI=1S/C34H50N6O10/c1-2-3-16-35-30(43)7-5-4-6-17-36-31(44)14-10-24-8-12-28(41)26(37-24)20-39(22-33(47)48)18-19-40(23-34(49)50)21-27-29(42)13-9-25(38-27)11-15-32(45)46/h8-9,12-13,41-42H,2-7,10-11,14-23H2,1H3,(H,35,43)(H,36,44)(H,45,46)(H,47,48)(H,49,50). The molecular weight excluding hydrogens is 652 g/mol. The maximum absolute atomic E-state index is 12.4. The maximum atomic E-state index is 12.4. The first-order chi connectivity index (χ1) is 23.9. The maximum Gasteiger partial charge on any atom is 0.317 e. The summed E-state index contributed by atoms with van der Waals surface area (Å²) < 4.78 is 0. The van der Waals surface area contributed by atoms with Gasteiger partial charge in [0.1, 0.15) is 11.5 Å². The molecule has 7 N–H and O–H groups in total. The van der Waals surface area contributed by atoms with Gasteiger partial charge in [-0.2, -0.15) is 0 Å². The molecule has 276 valence electrons. The van der Waals surface area contributed by atoms with E-state index in [0.29, 0.717) is 30.9 Å². The average molecular weight is 703 g/mol. The predicted molar refractivity (Wildman–Crippen MR) is 181 cm³/mol. The first-order valence-electron chi connectivity index (χ1n) is 16.8. The van der Waals surface area contributed by atoms with Crippen LogP contribution in [-0.4, -0.2) is 114 Å². The van der Waals surface area contributed by atoms with E-state index in [1.807, 2.05) is 0 Å². The molecule has 16 nitrogen and oxygen atoms in total. The molecule has 2 heterocycles. The van der Waals surface area contributed by atoms with Gasteiger partial charge in [-0.3, -0.25) is 43.7 Å². The number of hydrogen-bond donors (Lipinski definition) is 7. The molecule has 0 aliphatic rings. The van der Waals surface area contributed by atoms with Gasteiger partial charge in [-0.05, 0) is 49.9 Å². The van der Waals surface area contributed by atoms with E-state index in [2.05, 4.69) is 27.5 Å². The van der Waals surface area contributed by atoms with Crippen molar-refractivity contribution in [3.05, 3.63) is 47.0 Å². The zero-order chi connectivity index (χ0) is 36.9. The number of aromatic nitrogens is 2. The van der Waals surface area contributed by atoms with Crippen LogP contribution in [0.3, 0.4) is 0 Å². The molecule has 2 aromatic rings. The number of unbranched alkanes of at least 4 members (excludes halogenated alkanes) is 3. The molecule has 16 heteroatoms. The molecule has 0 bridgehead atoms. The van der Waals surface area contributed by atoms with Crippen LogP contribution in [0, 0.1) is 0 Å². The monoisotopic (exact) mass is 702 g/mol. The lowest BCUT2D eigenvalue weighted by Crippen LogP contribution is -2.39. The fraction of sp³-hybridized carbons (Fsp3) is 0.559. The van der Waals surface area contributed by atoms with Crippen molar-refractivity contribution in [3.63, 3.8) is 0 Å². The van der Waals surface area contributed by atoms with E-state index < -0.39 is 31.0 Å². The minimum atomic E-state index is -1.16. The Hall–Kier alpha value is -4.83. The quantitative estimate of drug-likeness (QED) is 0.0693. The average Bonchev–Trinajstić information content (AvgIpc) is 3.05. The summed E-state index contributed by atoms with van der Waals surface area (Å²) in [6.45, 7) is 2.28. The summed E-state index contributed by atoms with van der Waals surface area (Å²) in [5, 5.41) is 54.5. The molecule has 0 atom stereocenters. The molecule has 0 saturated carbocycles. The van der Waals surface area contributed by atoms with Crippen LogP contribution in [0.2, 0.25) is 0 Å². The highest BCUT2D eigenvalue weighted by Crippen LogP contribution is 2.20. The summed E-state index contributed by atoms with van der Waals surface area (Å²) >= 11 is 0. The SMILES string of the molecule is CCCCNC(=O)CCCCCNC(=O)CCc1ccc(O)c(CN(CCN(CC(=O)O)Cc2nc(CCC(=O)O)ccc2O)CC(=O)O)n1. The molecule has 0 radical (unpaired) electrons. The third-order valence-corrected chi connectivity index (χ3v) is 7.67. The highest BCUT2D eigenvalue weighted by atomic mass is 16.4. The van der Waals surface area contributed by atoms with Crippen LogP contribution in [0.25, 0.3) is 0 Å². The van der Waals surface area contributed by atoms with Gasteiger partial charge >= 0.3 is 17.9 Å². The summed E-state index contributed by atoms with van der Waals surface area (Å²) in [6.07, 6.45) is 5.14. The van der Waals surface area contributed by atoms with E-state index in [9.17, 15) is 44.4 Å². The fourth-order valence-electron chi connectivity index (χ4n) is 4.98. The van der Waals surface area contributed by atoms with Gasteiger partial charge in [-0.25, -0.2) is 0 Å². The highest BCUT2D eigenvalue weighted by molar-refractivity contribution is 5.76. The lowest BCUT2D eigenvalue weighted by atomic mass is 10.1. The van der Waals surface area contributed by atoms with Crippen molar-refractivity contribution in [2.45, 2.75) is 84.2 Å². The number of carboxylic acids is 3. The number of carbonyl (C=O) groups excluding carboxylic acids is 2. The Morgan fingerprint density at radius 1 is 0.620 bits per heavy atom. The highest BCUT2D eigenvalue weighted by Gasteiger charge is 2.19. The molecule has 2 aromatic heterocycles. The van der Waals surface area contributed by atoms with Gasteiger partial charge in [0.2, 0.25) is 11.8 Å². The summed E-state index contributed by atoms with van der Waals surface area (Å²) in [7, 11) is 0. The van der Waals surface area contributed by atoms with E-state index in [-0.39, 0.29) is 86.6 Å². The normalized spacial score (nSPS) is 11.1. The van der Waals surface area contributed by atoms with Crippen molar-refractivity contribution in [2.24, 2.45) is 0 Å². The smallest absolute Gasteiger partial charge is 0.317 e. The van der Waals surface area contributed by atoms with Crippen molar-refractivity contribution >= 4 is 29.7 Å². The molecule has 2 amide bonds. The van der Waals surface area contributed by atoms with E-state index in [1.54, 1.807) is 6.07 Å². The lowest BCUT2D eigenvalue weighted by Gasteiger charge is -2.26. The second-order valence-corrected chi connectivity index (χ2v) is 12.0. The van der Waals surface area contributed by atoms with Crippen LogP contribution in [0.4, 0.5) is 0 Å². The summed E-state index contributed by atoms with van der Waals surface area (Å²) in [5.41, 5.74) is 1.28. The molecule has 0 aliphatic carbocycles. The number of aliphatic carboxylic acids is 3. The van der Waals surface area contributed by atoms with Crippen molar-refractivity contribution < 1.29 is 49.5 Å². The van der Waals surface area contributed by atoms with Gasteiger partial charge < -0.3 is 36.2 Å². The lowest BCUT2D eigenvalue weighted by molar-refractivity contribution is -0.140. The molecule has 0 saturated heterocycles. The van der Waals surface area contributed by atoms with Gasteiger partial charge in [-0.15, -0.1) is 0 Å². The van der Waals surface area contributed by atoms with Gasteiger partial charge in [0.15, 0.2) is 0 Å². The van der Waals surface area contributed by atoms with Crippen LogP contribution in [-0.2, 0) is 49.9 Å². The number of rotatable bonds is 26. The Labute approximate surface area is 291 Å². The largest absolute Gasteiger partial charge is 0.506 e. The summed E-state index contributed by atoms with van der Waals surface area (Å²) in [6, 6.07) is 5.85. The van der Waals surface area contributed by atoms with E-state index >= 15 is 0 Å². The first kappa shape index (κ1) is 41.3. The molecule has 0 fully saturated rings. The van der Waals surface area contributed by atoms with Crippen LogP contribution in [0.5, 0.6) is 11.5 Å². The van der Waals surface area contributed by atoms with E-state index in [0.717, 1.165) is 32.1 Å². The summed E-state index contributed by atoms with van der Waals surface area (Å²) in [4.78, 5) is 70.1. The first-order valence-corrected chi connectivity index (χ1v) is 16.8. The summed E-state index contributed by atoms with van der Waals surface area (Å²) in [5.74, 6) is -3.80. The third-order valence-electron chi connectivity index (χ3n) is 7.67. The minimum Gasteiger partial charge on any atom is -0.506 e. The van der Waals surface area contributed by atoms with Gasteiger partial charge in [0.25, 0.3) is 0 Å². The number of nitrogens with zero attached hydrogens (tertiary/aromatic N) is 4. The fourth-order valence-corrected chi connectivity index (χ4v) is 4.98. The second-order valence-electron chi connectivity index (χ2n) is 12.0. The number of aromatic hydroxyl groups is 2. The van der Waals surface area contributed by atoms with Crippen LogP contribution < -0.4 is 10.6 Å². The topological polar surface area (TPSA) is 243 Å². The Morgan fingerprint density at radius 3 is 1.58 bits per heavy atom. The zero-order valence-electron chi connectivity index (χ0n) is 28.6. The van der Waals surface area contributed by atoms with Crippen molar-refractivity contribution in [1.82, 2.24) is 30.4 Å². The third kappa shape index (κ3) is 17.5. The number of carbonyl (C=O) groups is 5. The Balaban J connectivity index is 1.94. The molecule has 0 unspecified atom stereocenters. The number of carboxylic acid groups (broad SMARTS) is 3. The van der Waals surface area contributed by atoms with E-state index in [4.69, 9.17) is 5.11 Å². The number of hydrogen-bond acceptors (Lipinski definition) is 11. The molecule has 2 rings (SSSR count). The molecule has 50 heavy (non-hydrogen) atoms. The van der Waals surface area contributed by atoms with Crippen LogP contribution in [0.15, 0.2) is 24.3 Å². The zero-order valence-corrected chi connectivity index (χ0v) is 28.6. The van der Waals surface area contributed by atoms with Crippen LogP contribution >= 0.6 is 0 Å². The Bertz CT molecular complexity index is 1420. The van der Waals surface area contributed by atoms with Gasteiger partial charge in [0, 0.05) is 69.9 Å². The van der Waals surface area contributed by atoms with E-state index in [1.165, 1.54) is 28.0 Å². The Morgan fingerprint density at radius 2 is 1.10 bits per heavy atom. The molecule has 0 spiro atoms.